The van der Waals surface area contributed by atoms with Gasteiger partial charge in [0.25, 0.3) is 0 Å². The Morgan fingerprint density at radius 1 is 1.41 bits per heavy atom. The van der Waals surface area contributed by atoms with Gasteiger partial charge in [0.15, 0.2) is 0 Å². The molecule has 0 fully saturated rings. The molecule has 0 rings (SSSR count). The second-order valence-corrected chi connectivity index (χ2v) is 4.10. The number of alkyl halides is 3. The van der Waals surface area contributed by atoms with Crippen molar-refractivity contribution in [2.45, 2.75) is 44.9 Å². The Morgan fingerprint density at radius 3 is 2.47 bits per heavy atom. The molecule has 3 N–H and O–H groups in total. The van der Waals surface area contributed by atoms with Gasteiger partial charge >= 0.3 is 6.18 Å². The van der Waals surface area contributed by atoms with Crippen molar-refractivity contribution in [2.75, 3.05) is 13.2 Å². The number of hydrogen-bond acceptors (Lipinski definition) is 3. The summed E-state index contributed by atoms with van der Waals surface area (Å²) in [4.78, 5) is 11.2. The highest BCUT2D eigenvalue weighted by atomic mass is 19.4. The molecule has 0 bridgehead atoms. The number of amides is 1. The molecule has 0 aromatic carbocycles. The topological polar surface area (TPSA) is 64.3 Å². The monoisotopic (exact) mass is 256 g/mol. The molecular formula is C10H19F3N2O2. The van der Waals surface area contributed by atoms with Crippen molar-refractivity contribution < 1.29 is 22.7 Å². The summed E-state index contributed by atoms with van der Waals surface area (Å²) in [5.41, 5.74) is 5.54. The minimum absolute atomic E-state index is 0.0354. The lowest BCUT2D eigenvalue weighted by atomic mass is 10.1. The van der Waals surface area contributed by atoms with Gasteiger partial charge in [-0.25, -0.2) is 0 Å². The van der Waals surface area contributed by atoms with Crippen LogP contribution in [0.2, 0.25) is 0 Å². The normalized spacial score (nSPS) is 15.4. The van der Waals surface area contributed by atoms with Crippen LogP contribution in [-0.4, -0.2) is 37.4 Å². The van der Waals surface area contributed by atoms with E-state index in [1.807, 2.05) is 6.92 Å². The molecule has 0 saturated heterocycles. The first-order valence-electron chi connectivity index (χ1n) is 5.40. The fraction of sp³-hybridized carbons (Fsp3) is 0.900. The molecule has 0 spiro atoms. The number of carbonyl (C=O) groups excluding carboxylic acids is 1. The Hall–Kier alpha value is -0.820. The highest BCUT2D eigenvalue weighted by Crippen LogP contribution is 2.14. The van der Waals surface area contributed by atoms with E-state index >= 15 is 0 Å². The largest absolute Gasteiger partial charge is 0.411 e. The van der Waals surface area contributed by atoms with Crippen LogP contribution in [0.5, 0.6) is 0 Å². The van der Waals surface area contributed by atoms with Crippen LogP contribution in [-0.2, 0) is 9.53 Å². The maximum atomic E-state index is 11.7. The van der Waals surface area contributed by atoms with E-state index in [-0.39, 0.29) is 31.0 Å². The molecule has 0 radical (unpaired) electrons. The second-order valence-electron chi connectivity index (χ2n) is 4.10. The summed E-state index contributed by atoms with van der Waals surface area (Å²) in [6.07, 6.45) is -3.81. The van der Waals surface area contributed by atoms with Crippen LogP contribution in [0.3, 0.4) is 0 Å². The first-order valence-corrected chi connectivity index (χ1v) is 5.40. The molecule has 2 unspecified atom stereocenters. The summed E-state index contributed by atoms with van der Waals surface area (Å²) in [6, 6.07) is -0.128. The lowest BCUT2D eigenvalue weighted by molar-refractivity contribution is -0.174. The summed E-state index contributed by atoms with van der Waals surface area (Å²) in [5, 5.41) is 2.63. The number of halogens is 3. The van der Waals surface area contributed by atoms with Gasteiger partial charge in [-0.15, -0.1) is 0 Å². The van der Waals surface area contributed by atoms with Crippen molar-refractivity contribution in [2.24, 2.45) is 5.73 Å². The van der Waals surface area contributed by atoms with Gasteiger partial charge in [0, 0.05) is 18.5 Å². The van der Waals surface area contributed by atoms with Gasteiger partial charge in [-0.1, -0.05) is 0 Å². The molecule has 0 aliphatic rings. The van der Waals surface area contributed by atoms with E-state index in [1.54, 1.807) is 6.92 Å². The molecule has 4 nitrogen and oxygen atoms in total. The van der Waals surface area contributed by atoms with Gasteiger partial charge in [-0.3, -0.25) is 4.79 Å². The number of nitrogens with one attached hydrogen (secondary N) is 1. The fourth-order valence-electron chi connectivity index (χ4n) is 1.32. The van der Waals surface area contributed by atoms with Crippen molar-refractivity contribution in [3.63, 3.8) is 0 Å². The third-order valence-corrected chi connectivity index (χ3v) is 1.87. The van der Waals surface area contributed by atoms with Gasteiger partial charge in [0.2, 0.25) is 5.91 Å². The zero-order chi connectivity index (χ0) is 13.5. The van der Waals surface area contributed by atoms with E-state index in [0.717, 1.165) is 0 Å². The molecule has 2 atom stereocenters. The Labute approximate surface area is 98.7 Å². The van der Waals surface area contributed by atoms with Crippen molar-refractivity contribution in [1.82, 2.24) is 5.32 Å². The van der Waals surface area contributed by atoms with E-state index < -0.39 is 12.8 Å². The number of rotatable bonds is 7. The van der Waals surface area contributed by atoms with Crippen molar-refractivity contribution in [1.29, 1.82) is 0 Å². The van der Waals surface area contributed by atoms with E-state index in [0.29, 0.717) is 6.42 Å². The van der Waals surface area contributed by atoms with E-state index in [4.69, 9.17) is 5.73 Å². The lowest BCUT2D eigenvalue weighted by Crippen LogP contribution is -2.37. The highest BCUT2D eigenvalue weighted by Gasteiger charge is 2.27. The molecule has 0 aromatic rings. The lowest BCUT2D eigenvalue weighted by Gasteiger charge is -2.16. The smallest absolute Gasteiger partial charge is 0.372 e. The Balaban J connectivity index is 3.60. The zero-order valence-corrected chi connectivity index (χ0v) is 10.0. The van der Waals surface area contributed by atoms with Crippen molar-refractivity contribution in [3.05, 3.63) is 0 Å². The summed E-state index contributed by atoms with van der Waals surface area (Å²) in [6.45, 7) is 2.04. The predicted molar refractivity (Wildman–Crippen MR) is 57.4 cm³/mol. The van der Waals surface area contributed by atoms with Crippen LogP contribution < -0.4 is 11.1 Å². The zero-order valence-electron chi connectivity index (χ0n) is 10.0. The van der Waals surface area contributed by atoms with E-state index in [9.17, 15) is 18.0 Å². The molecule has 0 aliphatic carbocycles. The predicted octanol–water partition coefficient (Wildman–Crippen LogP) is 1.20. The first kappa shape index (κ1) is 16.2. The number of ether oxygens (including phenoxy) is 1. The maximum Gasteiger partial charge on any atom is 0.411 e. The van der Waals surface area contributed by atoms with Crippen LogP contribution in [0, 0.1) is 0 Å². The third kappa shape index (κ3) is 11.4. The maximum absolute atomic E-state index is 11.7. The molecule has 0 saturated carbocycles. The highest BCUT2D eigenvalue weighted by molar-refractivity contribution is 5.76. The van der Waals surface area contributed by atoms with Gasteiger partial charge in [0.05, 0.1) is 6.61 Å². The molecule has 0 aliphatic heterocycles. The molecule has 17 heavy (non-hydrogen) atoms. The molecular weight excluding hydrogens is 237 g/mol. The van der Waals surface area contributed by atoms with Crippen molar-refractivity contribution >= 4 is 5.91 Å². The third-order valence-electron chi connectivity index (χ3n) is 1.87. The molecule has 0 heterocycles. The average molecular weight is 256 g/mol. The summed E-state index contributed by atoms with van der Waals surface area (Å²) in [5.74, 6) is -0.333. The summed E-state index contributed by atoms with van der Waals surface area (Å²) in [7, 11) is 0. The number of hydrogen-bond donors (Lipinski definition) is 2. The summed E-state index contributed by atoms with van der Waals surface area (Å²) < 4.78 is 39.4. The Bertz CT molecular complexity index is 232. The van der Waals surface area contributed by atoms with Crippen LogP contribution in [0.25, 0.3) is 0 Å². The minimum atomic E-state index is -4.35. The minimum Gasteiger partial charge on any atom is -0.372 e. The fourth-order valence-corrected chi connectivity index (χ4v) is 1.32. The van der Waals surface area contributed by atoms with Gasteiger partial charge in [0.1, 0.15) is 6.61 Å². The van der Waals surface area contributed by atoms with Crippen LogP contribution >= 0.6 is 0 Å². The average Bonchev–Trinajstić information content (AvgIpc) is 2.09. The SMILES string of the molecule is CC(N)CC(C)NC(=O)CCOCC(F)(F)F. The molecule has 7 heteroatoms. The molecule has 0 aromatic heterocycles. The first-order chi connectivity index (χ1) is 7.70. The van der Waals surface area contributed by atoms with Crippen LogP contribution in [0.1, 0.15) is 26.7 Å². The van der Waals surface area contributed by atoms with E-state index in [1.165, 1.54) is 0 Å². The Morgan fingerprint density at radius 2 is 2.00 bits per heavy atom. The standard InChI is InChI=1S/C10H19F3N2O2/c1-7(14)5-8(2)15-9(16)3-4-17-6-10(11,12)13/h7-8H,3-6,14H2,1-2H3,(H,15,16). The van der Waals surface area contributed by atoms with Crippen LogP contribution in [0.15, 0.2) is 0 Å². The number of nitrogens with two attached hydrogens (primary N) is 1. The summed E-state index contributed by atoms with van der Waals surface area (Å²) >= 11 is 0. The second kappa shape index (κ2) is 7.50. The molecule has 102 valence electrons. The Kier molecular flexibility index (Phi) is 7.13. The quantitative estimate of drug-likeness (QED) is 0.673. The van der Waals surface area contributed by atoms with Crippen LogP contribution in [0.4, 0.5) is 13.2 Å². The van der Waals surface area contributed by atoms with Crippen molar-refractivity contribution in [3.8, 4) is 0 Å². The van der Waals surface area contributed by atoms with Gasteiger partial charge in [-0.05, 0) is 20.3 Å². The van der Waals surface area contributed by atoms with Gasteiger partial charge < -0.3 is 15.8 Å². The van der Waals surface area contributed by atoms with Gasteiger partial charge in [-0.2, -0.15) is 13.2 Å². The number of carbonyl (C=O) groups is 1. The van der Waals surface area contributed by atoms with E-state index in [2.05, 4.69) is 10.1 Å². The molecule has 1 amide bonds.